The van der Waals surface area contributed by atoms with E-state index in [1.165, 1.54) is 168 Å². The van der Waals surface area contributed by atoms with Gasteiger partial charge in [0, 0.05) is 37.8 Å². The van der Waals surface area contributed by atoms with Crippen molar-refractivity contribution in [2.24, 2.45) is 23.5 Å². The van der Waals surface area contributed by atoms with Crippen LogP contribution in [0.15, 0.2) is 0 Å². The Labute approximate surface area is 281 Å². The minimum absolute atomic E-state index is 0.321. The molecule has 7 rings (SSSR count). The Bertz CT molecular complexity index is 698. The Morgan fingerprint density at radius 2 is 0.933 bits per heavy atom. The van der Waals surface area contributed by atoms with Crippen LogP contribution < -0.4 is 11.1 Å². The molecular weight excluding hydrogens is 552 g/mol. The maximum atomic E-state index is 8.81. The molecule has 4 saturated heterocycles. The lowest BCUT2D eigenvalue weighted by atomic mass is 9.87. The van der Waals surface area contributed by atoms with Crippen molar-refractivity contribution in [2.75, 3.05) is 59.4 Å². The summed E-state index contributed by atoms with van der Waals surface area (Å²) < 4.78 is 0. The van der Waals surface area contributed by atoms with Crippen LogP contribution in [-0.4, -0.2) is 92.2 Å². The van der Waals surface area contributed by atoms with Crippen LogP contribution in [0.5, 0.6) is 0 Å². The fourth-order valence-corrected chi connectivity index (χ4v) is 7.94. The molecule has 0 aromatic rings. The van der Waals surface area contributed by atoms with E-state index < -0.39 is 0 Å². The Morgan fingerprint density at radius 3 is 1.29 bits per heavy atom. The Morgan fingerprint density at radius 1 is 0.556 bits per heavy atom. The normalized spacial score (nSPS) is 29.2. The highest BCUT2D eigenvalue weighted by Crippen LogP contribution is 2.29. The zero-order valence-electron chi connectivity index (χ0n) is 30.9. The molecule has 0 aromatic heterocycles. The molecule has 4 heterocycles. The molecule has 0 radical (unpaired) electrons. The minimum Gasteiger partial charge on any atom is -0.333 e. The van der Waals surface area contributed by atoms with Gasteiger partial charge in [0.1, 0.15) is 0 Å². The SMILES string of the molecule is C1CCC(N2CCCC2)CC1.C1CN1.CC(C)C.CC1CCC(N2CCCC2)CC1.CN.N#CC1CCN(C2CCCCC2)C1. The van der Waals surface area contributed by atoms with E-state index in [0.29, 0.717) is 5.92 Å². The monoisotopic (exact) mass is 631 g/mol. The third-order valence-corrected chi connectivity index (χ3v) is 10.6. The lowest BCUT2D eigenvalue weighted by molar-refractivity contribution is 0.169. The van der Waals surface area contributed by atoms with E-state index in [9.17, 15) is 0 Å². The van der Waals surface area contributed by atoms with E-state index >= 15 is 0 Å². The molecule has 45 heavy (non-hydrogen) atoms. The summed E-state index contributed by atoms with van der Waals surface area (Å²) in [5.41, 5.74) is 4.50. The van der Waals surface area contributed by atoms with E-state index in [2.05, 4.69) is 59.5 Å². The fraction of sp³-hybridized carbons (Fsp3) is 0.974. The van der Waals surface area contributed by atoms with Crippen molar-refractivity contribution in [3.05, 3.63) is 0 Å². The van der Waals surface area contributed by atoms with Gasteiger partial charge in [0.2, 0.25) is 0 Å². The number of nitrogens with two attached hydrogens (primary N) is 1. The van der Waals surface area contributed by atoms with Crippen LogP contribution in [-0.2, 0) is 0 Å². The molecular formula is C39H78N6. The quantitative estimate of drug-likeness (QED) is 0.307. The van der Waals surface area contributed by atoms with E-state index in [1.807, 2.05) is 0 Å². The van der Waals surface area contributed by atoms with E-state index in [0.717, 1.165) is 42.9 Å². The predicted octanol–water partition coefficient (Wildman–Crippen LogP) is 8.07. The summed E-state index contributed by atoms with van der Waals surface area (Å²) in [5.74, 6) is 2.16. The Balaban J connectivity index is 0.000000207. The smallest absolute Gasteiger partial charge is 0.0669 e. The molecule has 1 atom stereocenters. The van der Waals surface area contributed by atoms with Gasteiger partial charge in [0.15, 0.2) is 0 Å². The van der Waals surface area contributed by atoms with Crippen LogP contribution in [0.3, 0.4) is 0 Å². The molecule has 4 aliphatic heterocycles. The van der Waals surface area contributed by atoms with Crippen molar-refractivity contribution in [3.8, 4) is 6.07 Å². The molecule has 7 fully saturated rings. The molecule has 3 saturated carbocycles. The van der Waals surface area contributed by atoms with Crippen LogP contribution in [0.4, 0.5) is 0 Å². The molecule has 264 valence electrons. The minimum atomic E-state index is 0.321. The number of likely N-dealkylation sites (tertiary alicyclic amines) is 3. The molecule has 7 aliphatic rings. The van der Waals surface area contributed by atoms with Crippen LogP contribution in [0, 0.1) is 29.1 Å². The van der Waals surface area contributed by atoms with Crippen LogP contribution in [0.2, 0.25) is 0 Å². The topological polar surface area (TPSA) is 81.5 Å². The molecule has 3 N–H and O–H groups in total. The summed E-state index contributed by atoms with van der Waals surface area (Å²) in [6, 6.07) is 5.14. The highest BCUT2D eigenvalue weighted by molar-refractivity contribution is 4.93. The first-order valence-corrected chi connectivity index (χ1v) is 19.9. The lowest BCUT2D eigenvalue weighted by Crippen LogP contribution is -2.35. The third kappa shape index (κ3) is 18.4. The van der Waals surface area contributed by atoms with Gasteiger partial charge in [0.05, 0.1) is 12.0 Å². The second kappa shape index (κ2) is 25.3. The van der Waals surface area contributed by atoms with Gasteiger partial charge in [-0.2, -0.15) is 5.26 Å². The predicted molar refractivity (Wildman–Crippen MR) is 196 cm³/mol. The largest absolute Gasteiger partial charge is 0.333 e. The first-order valence-electron chi connectivity index (χ1n) is 19.9. The summed E-state index contributed by atoms with van der Waals surface area (Å²) in [7, 11) is 1.50. The molecule has 0 bridgehead atoms. The lowest BCUT2D eigenvalue weighted by Gasteiger charge is -2.33. The van der Waals surface area contributed by atoms with Crippen LogP contribution in [0.25, 0.3) is 0 Å². The van der Waals surface area contributed by atoms with Gasteiger partial charge in [-0.05, 0) is 135 Å². The number of hydrogen-bond donors (Lipinski definition) is 2. The van der Waals surface area contributed by atoms with Crippen molar-refractivity contribution < 1.29 is 0 Å². The fourth-order valence-electron chi connectivity index (χ4n) is 7.94. The average Bonchev–Trinajstić information content (AvgIpc) is 3.49. The highest BCUT2D eigenvalue weighted by Gasteiger charge is 2.29. The highest BCUT2D eigenvalue weighted by atomic mass is 15.2. The summed E-state index contributed by atoms with van der Waals surface area (Å²) >= 11 is 0. The van der Waals surface area contributed by atoms with E-state index in [-0.39, 0.29) is 0 Å². The standard InChI is InChI=1S/C11H18N2.C11H21N.C10H19N.C4H10.C2H5N.CH5N/c12-8-10-6-7-13(9-10)11-4-2-1-3-5-11;1-10-4-6-11(7-5-10)12-8-2-3-9-12;1-2-6-10(7-3-1)11-8-4-5-9-11;1-4(2)3;1-2-3-1;1-2/h10-11H,1-7,9H2;10-11H,2-9H2,1H3;10H,1-9H2;4H,1-3H3;3H,1-2H2;2H2,1H3. The maximum Gasteiger partial charge on any atom is 0.0669 e. The second-order valence-electron chi connectivity index (χ2n) is 15.6. The van der Waals surface area contributed by atoms with Crippen LogP contribution in [0.1, 0.15) is 150 Å². The molecule has 3 aliphatic carbocycles. The summed E-state index contributed by atoms with van der Waals surface area (Å²) in [6.45, 7) is 19.2. The van der Waals surface area contributed by atoms with Crippen molar-refractivity contribution >= 4 is 0 Å². The molecule has 0 spiro atoms. The third-order valence-electron chi connectivity index (χ3n) is 10.6. The molecule has 1 unspecified atom stereocenters. The van der Waals surface area contributed by atoms with Crippen molar-refractivity contribution in [1.29, 1.82) is 5.26 Å². The van der Waals surface area contributed by atoms with Crippen LogP contribution >= 0.6 is 0 Å². The van der Waals surface area contributed by atoms with Crippen molar-refractivity contribution in [2.45, 2.75) is 168 Å². The van der Waals surface area contributed by atoms with Gasteiger partial charge in [-0.3, -0.25) is 4.90 Å². The van der Waals surface area contributed by atoms with E-state index in [4.69, 9.17) is 5.26 Å². The van der Waals surface area contributed by atoms with Crippen molar-refractivity contribution in [1.82, 2.24) is 20.0 Å². The zero-order chi connectivity index (χ0) is 32.7. The van der Waals surface area contributed by atoms with Gasteiger partial charge >= 0.3 is 0 Å². The first kappa shape index (κ1) is 40.5. The summed E-state index contributed by atoms with van der Waals surface area (Å²) in [5, 5.41) is 11.8. The average molecular weight is 631 g/mol. The molecule has 6 nitrogen and oxygen atoms in total. The molecule has 0 aromatic carbocycles. The first-order chi connectivity index (χ1) is 22.0. The maximum absolute atomic E-state index is 8.81. The van der Waals surface area contributed by atoms with Gasteiger partial charge in [-0.1, -0.05) is 66.2 Å². The Hall–Kier alpha value is -0.710. The van der Waals surface area contributed by atoms with Gasteiger partial charge < -0.3 is 20.9 Å². The molecule has 6 heteroatoms. The molecule has 0 amide bonds. The second-order valence-corrected chi connectivity index (χ2v) is 15.6. The van der Waals surface area contributed by atoms with E-state index in [1.54, 1.807) is 0 Å². The Kier molecular flexibility index (Phi) is 22.8. The number of nitrogens with one attached hydrogen (secondary N) is 1. The summed E-state index contributed by atoms with van der Waals surface area (Å²) in [4.78, 5) is 8.00. The number of nitrogens with zero attached hydrogens (tertiary/aromatic N) is 4. The zero-order valence-corrected chi connectivity index (χ0v) is 30.9. The van der Waals surface area contributed by atoms with Gasteiger partial charge in [-0.25, -0.2) is 0 Å². The number of nitriles is 1. The number of hydrogen-bond acceptors (Lipinski definition) is 6. The van der Waals surface area contributed by atoms with Gasteiger partial charge in [-0.15, -0.1) is 0 Å². The van der Waals surface area contributed by atoms with Crippen molar-refractivity contribution in [3.63, 3.8) is 0 Å². The number of rotatable bonds is 3. The van der Waals surface area contributed by atoms with Gasteiger partial charge in [0.25, 0.3) is 0 Å². The summed E-state index contributed by atoms with van der Waals surface area (Å²) in [6.07, 6.45) is 27.2.